The van der Waals surface area contributed by atoms with Crippen molar-refractivity contribution in [3.8, 4) is 0 Å². The van der Waals surface area contributed by atoms with Gasteiger partial charge in [-0.1, -0.05) is 12.1 Å². The number of para-hydroxylation sites is 2. The Morgan fingerprint density at radius 3 is 3.00 bits per heavy atom. The van der Waals surface area contributed by atoms with Crippen LogP contribution in [-0.4, -0.2) is 16.1 Å². The molecule has 1 unspecified atom stereocenters. The zero-order valence-electron chi connectivity index (χ0n) is 11.7. The van der Waals surface area contributed by atoms with Crippen LogP contribution < -0.4 is 5.32 Å². The van der Waals surface area contributed by atoms with Crippen molar-refractivity contribution in [1.29, 1.82) is 0 Å². The lowest BCUT2D eigenvalue weighted by molar-refractivity contribution is 0.524. The summed E-state index contributed by atoms with van der Waals surface area (Å²) in [6.07, 6.45) is 3.72. The number of rotatable bonds is 2. The van der Waals surface area contributed by atoms with E-state index in [1.165, 1.54) is 34.6 Å². The molecular weight excluding hydrogens is 278 g/mol. The van der Waals surface area contributed by atoms with Crippen LogP contribution in [0.25, 0.3) is 11.0 Å². The normalized spacial score (nSPS) is 21.6. The Balaban J connectivity index is 1.73. The van der Waals surface area contributed by atoms with Crippen molar-refractivity contribution in [2.45, 2.75) is 31.3 Å². The van der Waals surface area contributed by atoms with Gasteiger partial charge in [0.2, 0.25) is 0 Å². The Morgan fingerprint density at radius 1 is 1.19 bits per heavy atom. The van der Waals surface area contributed by atoms with Crippen LogP contribution in [0.4, 0.5) is 0 Å². The van der Waals surface area contributed by atoms with E-state index in [0.717, 1.165) is 18.5 Å². The lowest BCUT2D eigenvalue weighted by atomic mass is 10.0. The van der Waals surface area contributed by atoms with Gasteiger partial charge in [-0.3, -0.25) is 0 Å². The second-order valence-corrected chi connectivity index (χ2v) is 7.00. The van der Waals surface area contributed by atoms with Crippen LogP contribution in [0.2, 0.25) is 0 Å². The van der Waals surface area contributed by atoms with Gasteiger partial charge in [-0.25, -0.2) is 4.98 Å². The number of imidazole rings is 1. The molecule has 1 N–H and O–H groups in total. The minimum atomic E-state index is 0.257. The van der Waals surface area contributed by atoms with Gasteiger partial charge in [-0.15, -0.1) is 11.3 Å². The zero-order valence-corrected chi connectivity index (χ0v) is 12.6. The minimum Gasteiger partial charge on any atom is -0.323 e. The van der Waals surface area contributed by atoms with Gasteiger partial charge in [0.05, 0.1) is 17.1 Å². The number of hydrogen-bond donors (Lipinski definition) is 1. The van der Waals surface area contributed by atoms with Gasteiger partial charge >= 0.3 is 0 Å². The Kier molecular flexibility index (Phi) is 2.52. The van der Waals surface area contributed by atoms with E-state index in [-0.39, 0.29) is 6.04 Å². The Hall–Kier alpha value is -1.65. The zero-order chi connectivity index (χ0) is 13.8. The van der Waals surface area contributed by atoms with E-state index in [2.05, 4.69) is 45.6 Å². The van der Waals surface area contributed by atoms with Gasteiger partial charge in [-0.2, -0.15) is 0 Å². The molecule has 21 heavy (non-hydrogen) atoms. The quantitative estimate of drug-likeness (QED) is 0.782. The number of aromatic nitrogens is 2. The largest absolute Gasteiger partial charge is 0.323 e. The van der Waals surface area contributed by atoms with Crippen LogP contribution in [-0.2, 0) is 6.42 Å². The molecule has 4 heteroatoms. The summed E-state index contributed by atoms with van der Waals surface area (Å²) in [5.74, 6) is 1.21. The van der Waals surface area contributed by atoms with Crippen molar-refractivity contribution < 1.29 is 0 Å². The third kappa shape index (κ3) is 1.79. The first-order valence-corrected chi connectivity index (χ1v) is 8.56. The van der Waals surface area contributed by atoms with Crippen molar-refractivity contribution in [3.05, 3.63) is 52.0 Å². The molecule has 1 saturated carbocycles. The molecule has 1 fully saturated rings. The third-order valence-electron chi connectivity index (χ3n) is 4.58. The SMILES string of the molecule is c1ccc2c(c1)nc(C1NCCc3sccc31)n2C1CC1. The molecule has 1 aromatic carbocycles. The van der Waals surface area contributed by atoms with Gasteiger partial charge in [0, 0.05) is 17.5 Å². The van der Waals surface area contributed by atoms with Crippen LogP contribution in [0.15, 0.2) is 35.7 Å². The molecular formula is C17H17N3S. The second-order valence-electron chi connectivity index (χ2n) is 6.00. The summed E-state index contributed by atoms with van der Waals surface area (Å²) < 4.78 is 2.49. The maximum absolute atomic E-state index is 4.98. The van der Waals surface area contributed by atoms with E-state index < -0.39 is 0 Å². The molecule has 2 aliphatic rings. The second kappa shape index (κ2) is 4.42. The Bertz CT molecular complexity index is 812. The van der Waals surface area contributed by atoms with Gasteiger partial charge in [0.1, 0.15) is 5.82 Å². The number of fused-ring (bicyclic) bond motifs is 2. The molecule has 3 heterocycles. The van der Waals surface area contributed by atoms with E-state index in [0.29, 0.717) is 6.04 Å². The minimum absolute atomic E-state index is 0.257. The predicted molar refractivity (Wildman–Crippen MR) is 85.9 cm³/mol. The summed E-state index contributed by atoms with van der Waals surface area (Å²) >= 11 is 1.88. The average molecular weight is 295 g/mol. The first-order chi connectivity index (χ1) is 10.4. The topological polar surface area (TPSA) is 29.9 Å². The molecule has 3 aromatic rings. The van der Waals surface area contributed by atoms with Gasteiger partial charge < -0.3 is 9.88 Å². The third-order valence-corrected chi connectivity index (χ3v) is 5.58. The van der Waals surface area contributed by atoms with Crippen molar-refractivity contribution >= 4 is 22.4 Å². The van der Waals surface area contributed by atoms with Crippen molar-refractivity contribution in [1.82, 2.24) is 14.9 Å². The summed E-state index contributed by atoms with van der Waals surface area (Å²) in [7, 11) is 0. The molecule has 1 atom stereocenters. The van der Waals surface area contributed by atoms with Gasteiger partial charge in [0.25, 0.3) is 0 Å². The molecule has 0 radical (unpaired) electrons. The van der Waals surface area contributed by atoms with Gasteiger partial charge in [-0.05, 0) is 48.4 Å². The summed E-state index contributed by atoms with van der Waals surface area (Å²) in [5.41, 5.74) is 3.85. The molecule has 0 bridgehead atoms. The first kappa shape index (κ1) is 12.0. The molecule has 106 valence electrons. The highest BCUT2D eigenvalue weighted by Gasteiger charge is 2.33. The molecule has 5 rings (SSSR count). The Morgan fingerprint density at radius 2 is 2.10 bits per heavy atom. The molecule has 0 amide bonds. The van der Waals surface area contributed by atoms with E-state index in [1.54, 1.807) is 0 Å². The monoisotopic (exact) mass is 295 g/mol. The molecule has 0 spiro atoms. The number of nitrogens with zero attached hydrogens (tertiary/aromatic N) is 2. The highest BCUT2D eigenvalue weighted by Crippen LogP contribution is 2.42. The number of hydrogen-bond acceptors (Lipinski definition) is 3. The Labute approximate surface area is 127 Å². The van der Waals surface area contributed by atoms with Crippen LogP contribution in [0.3, 0.4) is 0 Å². The lowest BCUT2D eigenvalue weighted by Gasteiger charge is -2.24. The van der Waals surface area contributed by atoms with Crippen LogP contribution >= 0.6 is 11.3 Å². The fourth-order valence-corrected chi connectivity index (χ4v) is 4.39. The van der Waals surface area contributed by atoms with Crippen molar-refractivity contribution in [3.63, 3.8) is 0 Å². The highest BCUT2D eigenvalue weighted by molar-refractivity contribution is 7.10. The maximum atomic E-state index is 4.98. The summed E-state index contributed by atoms with van der Waals surface area (Å²) in [4.78, 5) is 6.50. The molecule has 0 saturated heterocycles. The van der Waals surface area contributed by atoms with Crippen molar-refractivity contribution in [2.24, 2.45) is 0 Å². The van der Waals surface area contributed by atoms with Crippen LogP contribution in [0.5, 0.6) is 0 Å². The molecule has 2 aromatic heterocycles. The maximum Gasteiger partial charge on any atom is 0.132 e. The fraction of sp³-hybridized carbons (Fsp3) is 0.353. The first-order valence-electron chi connectivity index (χ1n) is 7.68. The van der Waals surface area contributed by atoms with Crippen LogP contribution in [0, 0.1) is 0 Å². The standard InChI is InChI=1S/C17H17N3S/c1-2-4-14-13(3-1)19-17(20(14)11-5-6-11)16-12-8-10-21-15(12)7-9-18-16/h1-4,8,10-11,16,18H,5-7,9H2. The molecule has 1 aliphatic heterocycles. The number of nitrogens with one attached hydrogen (secondary N) is 1. The van der Waals surface area contributed by atoms with Gasteiger partial charge in [0.15, 0.2) is 0 Å². The number of benzene rings is 1. The van der Waals surface area contributed by atoms with E-state index in [9.17, 15) is 0 Å². The fourth-order valence-electron chi connectivity index (χ4n) is 3.46. The summed E-state index contributed by atoms with van der Waals surface area (Å²) in [5, 5.41) is 5.90. The highest BCUT2D eigenvalue weighted by atomic mass is 32.1. The van der Waals surface area contributed by atoms with Crippen LogP contribution in [0.1, 0.15) is 41.2 Å². The summed E-state index contributed by atoms with van der Waals surface area (Å²) in [6, 6.07) is 11.7. The average Bonchev–Trinajstić information content (AvgIpc) is 3.12. The van der Waals surface area contributed by atoms with E-state index in [4.69, 9.17) is 4.98 Å². The van der Waals surface area contributed by atoms with E-state index >= 15 is 0 Å². The van der Waals surface area contributed by atoms with Crippen molar-refractivity contribution in [2.75, 3.05) is 6.54 Å². The van der Waals surface area contributed by atoms with E-state index in [1.807, 2.05) is 11.3 Å². The summed E-state index contributed by atoms with van der Waals surface area (Å²) in [6.45, 7) is 1.05. The number of thiophene rings is 1. The molecule has 1 aliphatic carbocycles. The smallest absolute Gasteiger partial charge is 0.132 e. The lowest BCUT2D eigenvalue weighted by Crippen LogP contribution is -2.31. The predicted octanol–water partition coefficient (Wildman–Crippen LogP) is 3.67. The molecule has 3 nitrogen and oxygen atoms in total.